The van der Waals surface area contributed by atoms with Crippen LogP contribution in [0.25, 0.3) is 0 Å². The first kappa shape index (κ1) is 17.1. The second kappa shape index (κ2) is 7.83. The first-order valence-electron chi connectivity index (χ1n) is 6.87. The van der Waals surface area contributed by atoms with E-state index in [9.17, 15) is 18.4 Å². The summed E-state index contributed by atoms with van der Waals surface area (Å²) in [7, 11) is 0. The van der Waals surface area contributed by atoms with Crippen molar-refractivity contribution in [2.24, 2.45) is 0 Å². The van der Waals surface area contributed by atoms with Gasteiger partial charge in [-0.2, -0.15) is 5.26 Å². The summed E-state index contributed by atoms with van der Waals surface area (Å²) in [6.45, 7) is -0.615. The Bertz CT molecular complexity index is 798. The Balaban J connectivity index is 1.88. The maximum absolute atomic E-state index is 13.4. The highest BCUT2D eigenvalue weighted by atomic mass is 19.1. The van der Waals surface area contributed by atoms with Gasteiger partial charge in [-0.25, -0.2) is 13.6 Å². The molecular formula is C17H12F2N2O3. The number of nitrogens with zero attached hydrogens (tertiary/aromatic N) is 1. The molecule has 0 atom stereocenters. The van der Waals surface area contributed by atoms with Crippen LogP contribution in [0.2, 0.25) is 0 Å². The lowest BCUT2D eigenvalue weighted by Crippen LogP contribution is -2.21. The van der Waals surface area contributed by atoms with Gasteiger partial charge in [0.25, 0.3) is 5.91 Å². The summed E-state index contributed by atoms with van der Waals surface area (Å²) in [5.41, 5.74) is 0.810. The molecule has 5 nitrogen and oxygen atoms in total. The highest BCUT2D eigenvalue weighted by molar-refractivity contribution is 5.95. The number of halogens is 2. The van der Waals surface area contributed by atoms with Gasteiger partial charge in [-0.1, -0.05) is 12.1 Å². The van der Waals surface area contributed by atoms with Crippen molar-refractivity contribution in [1.29, 1.82) is 5.26 Å². The quantitative estimate of drug-likeness (QED) is 0.855. The number of carbonyl (C=O) groups is 2. The van der Waals surface area contributed by atoms with Crippen LogP contribution in [0.15, 0.2) is 42.5 Å². The number of nitrogens with one attached hydrogen (secondary N) is 1. The standard InChI is InChI=1S/C17H12F2N2O3/c18-12-3-6-14(15(19)9-12)17(23)24-10-16(22)21-13-4-1-11(2-5-13)7-8-20/h1-6,9H,7,10H2,(H,21,22). The summed E-state index contributed by atoms with van der Waals surface area (Å²) < 4.78 is 30.9. The van der Waals surface area contributed by atoms with Crippen molar-refractivity contribution >= 4 is 17.6 Å². The van der Waals surface area contributed by atoms with Crippen LogP contribution in [-0.4, -0.2) is 18.5 Å². The molecule has 0 spiro atoms. The number of ether oxygens (including phenoxy) is 1. The van der Waals surface area contributed by atoms with E-state index in [4.69, 9.17) is 5.26 Å². The minimum Gasteiger partial charge on any atom is -0.452 e. The number of benzene rings is 2. The number of amides is 1. The van der Waals surface area contributed by atoms with Crippen LogP contribution in [0.3, 0.4) is 0 Å². The van der Waals surface area contributed by atoms with E-state index in [1.54, 1.807) is 24.3 Å². The molecule has 0 heterocycles. The normalized spacial score (nSPS) is 9.88. The van der Waals surface area contributed by atoms with Gasteiger partial charge >= 0.3 is 5.97 Å². The van der Waals surface area contributed by atoms with Crippen molar-refractivity contribution in [2.45, 2.75) is 6.42 Å². The van der Waals surface area contributed by atoms with Crippen LogP contribution >= 0.6 is 0 Å². The molecule has 0 aliphatic carbocycles. The Hall–Kier alpha value is -3.27. The first-order valence-corrected chi connectivity index (χ1v) is 6.87. The minimum absolute atomic E-state index is 0.259. The SMILES string of the molecule is N#CCc1ccc(NC(=O)COC(=O)c2ccc(F)cc2F)cc1. The van der Waals surface area contributed by atoms with E-state index in [-0.39, 0.29) is 6.42 Å². The van der Waals surface area contributed by atoms with E-state index in [0.29, 0.717) is 11.8 Å². The number of esters is 1. The van der Waals surface area contributed by atoms with Gasteiger partial charge in [-0.15, -0.1) is 0 Å². The topological polar surface area (TPSA) is 79.2 Å². The van der Waals surface area contributed by atoms with Crippen molar-refractivity contribution < 1.29 is 23.1 Å². The molecule has 122 valence electrons. The fourth-order valence-electron chi connectivity index (χ4n) is 1.86. The third kappa shape index (κ3) is 4.61. The molecular weight excluding hydrogens is 318 g/mol. The fourth-order valence-corrected chi connectivity index (χ4v) is 1.86. The highest BCUT2D eigenvalue weighted by Gasteiger charge is 2.15. The largest absolute Gasteiger partial charge is 0.452 e. The molecule has 24 heavy (non-hydrogen) atoms. The Labute approximate surface area is 136 Å². The van der Waals surface area contributed by atoms with Crippen LogP contribution in [0.1, 0.15) is 15.9 Å². The van der Waals surface area contributed by atoms with Gasteiger partial charge in [0.2, 0.25) is 0 Å². The van der Waals surface area contributed by atoms with Crippen LogP contribution < -0.4 is 5.32 Å². The Morgan fingerprint density at radius 2 is 1.83 bits per heavy atom. The molecule has 0 fully saturated rings. The van der Waals surface area contributed by atoms with Crippen LogP contribution in [0.4, 0.5) is 14.5 Å². The molecule has 0 bridgehead atoms. The fraction of sp³-hybridized carbons (Fsp3) is 0.118. The van der Waals surface area contributed by atoms with Crippen molar-refractivity contribution in [3.8, 4) is 6.07 Å². The van der Waals surface area contributed by atoms with Gasteiger partial charge in [0, 0.05) is 11.8 Å². The summed E-state index contributed by atoms with van der Waals surface area (Å²) in [5.74, 6) is -3.55. The maximum Gasteiger partial charge on any atom is 0.341 e. The Morgan fingerprint density at radius 1 is 1.12 bits per heavy atom. The van der Waals surface area contributed by atoms with Crippen molar-refractivity contribution in [2.75, 3.05) is 11.9 Å². The summed E-state index contributed by atoms with van der Waals surface area (Å²) in [6.07, 6.45) is 0.259. The van der Waals surface area contributed by atoms with Gasteiger partial charge in [0.1, 0.15) is 11.6 Å². The highest BCUT2D eigenvalue weighted by Crippen LogP contribution is 2.12. The predicted octanol–water partition coefficient (Wildman–Crippen LogP) is 2.83. The molecule has 0 radical (unpaired) electrons. The Morgan fingerprint density at radius 3 is 2.46 bits per heavy atom. The van der Waals surface area contributed by atoms with Gasteiger partial charge in [0.05, 0.1) is 18.1 Å². The molecule has 0 unspecified atom stereocenters. The molecule has 1 N–H and O–H groups in total. The van der Waals surface area contributed by atoms with E-state index in [1.807, 2.05) is 6.07 Å². The molecule has 2 rings (SSSR count). The zero-order chi connectivity index (χ0) is 17.5. The molecule has 0 aromatic heterocycles. The smallest absolute Gasteiger partial charge is 0.341 e. The third-order valence-electron chi connectivity index (χ3n) is 3.01. The molecule has 2 aromatic rings. The lowest BCUT2D eigenvalue weighted by Gasteiger charge is -2.07. The summed E-state index contributed by atoms with van der Waals surface area (Å²) in [4.78, 5) is 23.4. The van der Waals surface area contributed by atoms with Crippen molar-refractivity contribution in [1.82, 2.24) is 0 Å². The zero-order valence-corrected chi connectivity index (χ0v) is 12.4. The van der Waals surface area contributed by atoms with E-state index in [1.165, 1.54) is 0 Å². The summed E-state index contributed by atoms with van der Waals surface area (Å²) in [5, 5.41) is 11.1. The number of rotatable bonds is 5. The Kier molecular flexibility index (Phi) is 5.58. The van der Waals surface area contributed by atoms with Gasteiger partial charge in [-0.3, -0.25) is 4.79 Å². The van der Waals surface area contributed by atoms with Crippen LogP contribution in [0.5, 0.6) is 0 Å². The number of hydrogen-bond acceptors (Lipinski definition) is 4. The van der Waals surface area contributed by atoms with Crippen molar-refractivity contribution in [3.63, 3.8) is 0 Å². The average molecular weight is 330 g/mol. The van der Waals surface area contributed by atoms with Gasteiger partial charge in [0.15, 0.2) is 6.61 Å². The van der Waals surface area contributed by atoms with Gasteiger partial charge in [-0.05, 0) is 29.8 Å². The number of nitriles is 1. The monoisotopic (exact) mass is 330 g/mol. The number of carbonyl (C=O) groups excluding carboxylic acids is 2. The molecule has 0 aliphatic heterocycles. The molecule has 2 aromatic carbocycles. The molecule has 0 aliphatic rings. The third-order valence-corrected chi connectivity index (χ3v) is 3.01. The van der Waals surface area contributed by atoms with Crippen LogP contribution in [0, 0.1) is 23.0 Å². The summed E-state index contributed by atoms with van der Waals surface area (Å²) >= 11 is 0. The molecule has 7 heteroatoms. The lowest BCUT2D eigenvalue weighted by atomic mass is 10.1. The van der Waals surface area contributed by atoms with Crippen LogP contribution in [-0.2, 0) is 16.0 Å². The van der Waals surface area contributed by atoms with E-state index in [0.717, 1.165) is 17.7 Å². The second-order valence-electron chi connectivity index (χ2n) is 4.78. The number of hydrogen-bond donors (Lipinski definition) is 1. The maximum atomic E-state index is 13.4. The first-order chi connectivity index (χ1) is 11.5. The average Bonchev–Trinajstić information content (AvgIpc) is 2.55. The van der Waals surface area contributed by atoms with Gasteiger partial charge < -0.3 is 10.1 Å². The molecule has 0 saturated heterocycles. The van der Waals surface area contributed by atoms with E-state index in [2.05, 4.69) is 10.1 Å². The van der Waals surface area contributed by atoms with E-state index < -0.39 is 35.7 Å². The lowest BCUT2D eigenvalue weighted by molar-refractivity contribution is -0.119. The second-order valence-corrected chi connectivity index (χ2v) is 4.78. The van der Waals surface area contributed by atoms with E-state index >= 15 is 0 Å². The predicted molar refractivity (Wildman–Crippen MR) is 81.0 cm³/mol. The molecule has 0 saturated carbocycles. The summed E-state index contributed by atoms with van der Waals surface area (Å²) in [6, 6.07) is 11.0. The van der Waals surface area contributed by atoms with Crippen molar-refractivity contribution in [3.05, 3.63) is 65.2 Å². The number of anilines is 1. The minimum atomic E-state index is -1.06. The molecule has 1 amide bonds. The zero-order valence-electron chi connectivity index (χ0n) is 12.4.